The third-order valence-corrected chi connectivity index (χ3v) is 5.27. The van der Waals surface area contributed by atoms with Crippen LogP contribution in [0.2, 0.25) is 0 Å². The Morgan fingerprint density at radius 2 is 1.81 bits per heavy atom. The molecular formula is C18H27N5O4. The van der Waals surface area contributed by atoms with Crippen LogP contribution in [0, 0.1) is 5.92 Å². The van der Waals surface area contributed by atoms with Crippen molar-refractivity contribution in [3.63, 3.8) is 0 Å². The van der Waals surface area contributed by atoms with Crippen LogP contribution < -0.4 is 4.90 Å². The second kappa shape index (κ2) is 8.62. The van der Waals surface area contributed by atoms with E-state index in [4.69, 9.17) is 4.74 Å². The van der Waals surface area contributed by atoms with Gasteiger partial charge < -0.3 is 24.5 Å². The fraction of sp³-hybridized carbons (Fsp3) is 0.667. The van der Waals surface area contributed by atoms with E-state index in [0.717, 1.165) is 19.5 Å². The van der Waals surface area contributed by atoms with Gasteiger partial charge in [0.15, 0.2) is 0 Å². The van der Waals surface area contributed by atoms with Crippen LogP contribution in [0.5, 0.6) is 0 Å². The molecule has 0 spiro atoms. The summed E-state index contributed by atoms with van der Waals surface area (Å²) in [6.07, 6.45) is 4.38. The highest BCUT2D eigenvalue weighted by atomic mass is 16.5. The summed E-state index contributed by atoms with van der Waals surface area (Å²) in [5.74, 6) is -1.04. The summed E-state index contributed by atoms with van der Waals surface area (Å²) in [7, 11) is 3.91. The zero-order valence-corrected chi connectivity index (χ0v) is 15.9. The number of morpholine rings is 1. The summed E-state index contributed by atoms with van der Waals surface area (Å²) in [5.41, 5.74) is 0.385. The van der Waals surface area contributed by atoms with Gasteiger partial charge in [0.05, 0.1) is 24.7 Å². The first kappa shape index (κ1) is 19.5. The van der Waals surface area contributed by atoms with Crippen LogP contribution in [0.15, 0.2) is 12.4 Å². The van der Waals surface area contributed by atoms with E-state index in [-0.39, 0.29) is 18.5 Å². The maximum atomic E-state index is 13.0. The molecule has 27 heavy (non-hydrogen) atoms. The first-order chi connectivity index (χ1) is 13.0. The Hall–Kier alpha value is -2.26. The van der Waals surface area contributed by atoms with Gasteiger partial charge in [0.1, 0.15) is 0 Å². The predicted molar refractivity (Wildman–Crippen MR) is 98.8 cm³/mol. The van der Waals surface area contributed by atoms with Gasteiger partial charge in [-0.2, -0.15) is 0 Å². The third-order valence-electron chi connectivity index (χ3n) is 5.27. The Kier molecular flexibility index (Phi) is 6.22. The number of nitrogens with zero attached hydrogens (tertiary/aromatic N) is 5. The number of anilines is 1. The summed E-state index contributed by atoms with van der Waals surface area (Å²) in [6, 6.07) is 0.131. The minimum atomic E-state index is -0.855. The fourth-order valence-electron chi connectivity index (χ4n) is 3.50. The molecular weight excluding hydrogens is 350 g/mol. The van der Waals surface area contributed by atoms with Crippen molar-refractivity contribution in [2.24, 2.45) is 5.92 Å². The summed E-state index contributed by atoms with van der Waals surface area (Å²) in [6.45, 7) is 3.44. The SMILES string of the molecule is CN(C)[C@@H]1CC[C@H](C(=O)O)CN(C(=O)c2cnc(N3CCOCC3)nc2)C1. The van der Waals surface area contributed by atoms with Gasteiger partial charge >= 0.3 is 5.97 Å². The van der Waals surface area contributed by atoms with Crippen molar-refractivity contribution in [2.75, 3.05) is 58.4 Å². The molecule has 2 aliphatic heterocycles. The lowest BCUT2D eigenvalue weighted by Gasteiger charge is -2.29. The number of likely N-dealkylation sites (N-methyl/N-ethyl adjacent to an activating group) is 1. The van der Waals surface area contributed by atoms with E-state index in [2.05, 4.69) is 9.97 Å². The third kappa shape index (κ3) is 4.72. The zero-order valence-electron chi connectivity index (χ0n) is 15.9. The van der Waals surface area contributed by atoms with E-state index in [9.17, 15) is 14.7 Å². The van der Waals surface area contributed by atoms with Gasteiger partial charge in [-0.05, 0) is 26.9 Å². The van der Waals surface area contributed by atoms with Gasteiger partial charge in [-0.25, -0.2) is 9.97 Å². The average molecular weight is 377 g/mol. The molecule has 0 saturated carbocycles. The van der Waals surface area contributed by atoms with Crippen LogP contribution in [-0.2, 0) is 9.53 Å². The monoisotopic (exact) mass is 377 g/mol. The number of carbonyl (C=O) groups is 2. The van der Waals surface area contributed by atoms with Crippen molar-refractivity contribution in [3.8, 4) is 0 Å². The molecule has 148 valence electrons. The number of carbonyl (C=O) groups excluding carboxylic acids is 1. The molecule has 0 radical (unpaired) electrons. The maximum absolute atomic E-state index is 13.0. The van der Waals surface area contributed by atoms with E-state index in [0.29, 0.717) is 37.7 Å². The lowest BCUT2D eigenvalue weighted by Crippen LogP contribution is -2.43. The zero-order chi connectivity index (χ0) is 19.4. The molecule has 1 N–H and O–H groups in total. The number of amides is 1. The molecule has 2 fully saturated rings. The molecule has 1 aromatic heterocycles. The van der Waals surface area contributed by atoms with E-state index in [1.807, 2.05) is 23.9 Å². The molecule has 3 heterocycles. The lowest BCUT2D eigenvalue weighted by atomic mass is 10.0. The molecule has 2 saturated heterocycles. The summed E-state index contributed by atoms with van der Waals surface area (Å²) < 4.78 is 5.32. The number of likely N-dealkylation sites (tertiary alicyclic amines) is 1. The van der Waals surface area contributed by atoms with Gasteiger partial charge in [-0.3, -0.25) is 9.59 Å². The molecule has 2 atom stereocenters. The summed E-state index contributed by atoms with van der Waals surface area (Å²) in [5, 5.41) is 9.45. The van der Waals surface area contributed by atoms with Crippen molar-refractivity contribution >= 4 is 17.8 Å². The second-order valence-electron chi connectivity index (χ2n) is 7.31. The normalized spacial score (nSPS) is 24.0. The minimum absolute atomic E-state index is 0.131. The number of ether oxygens (including phenoxy) is 1. The smallest absolute Gasteiger partial charge is 0.308 e. The van der Waals surface area contributed by atoms with Crippen molar-refractivity contribution in [3.05, 3.63) is 18.0 Å². The number of aromatic nitrogens is 2. The van der Waals surface area contributed by atoms with E-state index < -0.39 is 11.9 Å². The first-order valence-corrected chi connectivity index (χ1v) is 9.29. The van der Waals surface area contributed by atoms with E-state index in [1.54, 1.807) is 4.90 Å². The van der Waals surface area contributed by atoms with Gasteiger partial charge in [0, 0.05) is 44.6 Å². The van der Waals surface area contributed by atoms with Crippen LogP contribution in [0.25, 0.3) is 0 Å². The molecule has 0 aliphatic carbocycles. The maximum Gasteiger partial charge on any atom is 0.308 e. The molecule has 0 unspecified atom stereocenters. The largest absolute Gasteiger partial charge is 0.481 e. The summed E-state index contributed by atoms with van der Waals surface area (Å²) >= 11 is 0. The van der Waals surface area contributed by atoms with Crippen molar-refractivity contribution in [2.45, 2.75) is 18.9 Å². The molecule has 9 heteroatoms. The Morgan fingerprint density at radius 1 is 1.15 bits per heavy atom. The number of aliphatic carboxylic acids is 1. The van der Waals surface area contributed by atoms with Crippen LogP contribution >= 0.6 is 0 Å². The Bertz CT molecular complexity index is 660. The van der Waals surface area contributed by atoms with Gasteiger partial charge in [0.25, 0.3) is 5.91 Å². The topological polar surface area (TPSA) is 99.1 Å². The number of carboxylic acid groups (broad SMARTS) is 1. The van der Waals surface area contributed by atoms with Crippen LogP contribution in [0.3, 0.4) is 0 Å². The fourth-order valence-corrected chi connectivity index (χ4v) is 3.50. The van der Waals surface area contributed by atoms with Crippen LogP contribution in [0.1, 0.15) is 23.2 Å². The Labute approximate surface area is 158 Å². The van der Waals surface area contributed by atoms with Crippen molar-refractivity contribution in [1.29, 1.82) is 0 Å². The van der Waals surface area contributed by atoms with Crippen molar-refractivity contribution in [1.82, 2.24) is 19.8 Å². The van der Waals surface area contributed by atoms with Gasteiger partial charge in [-0.1, -0.05) is 0 Å². The Balaban J connectivity index is 1.74. The molecule has 1 amide bonds. The highest BCUT2D eigenvalue weighted by molar-refractivity contribution is 5.94. The highest BCUT2D eigenvalue weighted by Gasteiger charge is 2.32. The standard InChI is InChI=1S/C18H27N5O4/c1-21(2)15-4-3-13(17(25)26)11-23(12-15)16(24)14-9-19-18(20-10-14)22-5-7-27-8-6-22/h9-10,13,15H,3-8,11-12H2,1-2H3,(H,25,26)/t13-,15+/m0/s1. The minimum Gasteiger partial charge on any atom is -0.481 e. The predicted octanol–water partition coefficient (Wildman–Crippen LogP) is 0.180. The number of rotatable bonds is 4. The summed E-state index contributed by atoms with van der Waals surface area (Å²) in [4.78, 5) is 38.9. The number of hydrogen-bond acceptors (Lipinski definition) is 7. The second-order valence-corrected chi connectivity index (χ2v) is 7.31. The first-order valence-electron chi connectivity index (χ1n) is 9.29. The van der Waals surface area contributed by atoms with Crippen LogP contribution in [0.4, 0.5) is 5.95 Å². The van der Waals surface area contributed by atoms with Crippen LogP contribution in [-0.4, -0.2) is 96.3 Å². The molecule has 0 bridgehead atoms. The van der Waals surface area contributed by atoms with Crippen molar-refractivity contribution < 1.29 is 19.4 Å². The molecule has 0 aromatic carbocycles. The quantitative estimate of drug-likeness (QED) is 0.793. The lowest BCUT2D eigenvalue weighted by molar-refractivity contribution is -0.142. The average Bonchev–Trinajstić information content (AvgIpc) is 2.92. The number of hydrogen-bond donors (Lipinski definition) is 1. The highest BCUT2D eigenvalue weighted by Crippen LogP contribution is 2.21. The van der Waals surface area contributed by atoms with E-state index in [1.165, 1.54) is 12.4 Å². The molecule has 1 aromatic rings. The van der Waals surface area contributed by atoms with Gasteiger partial charge in [-0.15, -0.1) is 0 Å². The van der Waals surface area contributed by atoms with Gasteiger partial charge in [0.2, 0.25) is 5.95 Å². The molecule has 2 aliphatic rings. The molecule has 3 rings (SSSR count). The molecule has 9 nitrogen and oxygen atoms in total. The number of carboxylic acids is 1. The Morgan fingerprint density at radius 3 is 2.41 bits per heavy atom. The van der Waals surface area contributed by atoms with E-state index >= 15 is 0 Å².